The maximum absolute atomic E-state index is 6.03. The van der Waals surface area contributed by atoms with E-state index in [-0.39, 0.29) is 10.0 Å². The third kappa shape index (κ3) is 4.88. The molecule has 0 bridgehead atoms. The number of nitrogens with zero attached hydrogens (tertiary/aromatic N) is 4. The molecule has 1 heterocycles. The third-order valence-electron chi connectivity index (χ3n) is 3.93. The van der Waals surface area contributed by atoms with Gasteiger partial charge in [0, 0.05) is 24.4 Å². The molecule has 0 radical (unpaired) electrons. The van der Waals surface area contributed by atoms with E-state index in [0.29, 0.717) is 11.9 Å². The van der Waals surface area contributed by atoms with Gasteiger partial charge in [0.25, 0.3) is 0 Å². The lowest BCUT2D eigenvalue weighted by atomic mass is 10.0. The Morgan fingerprint density at radius 2 is 1.71 bits per heavy atom. The summed E-state index contributed by atoms with van der Waals surface area (Å²) in [5.74, 6) is 1.18. The number of thioether (sulfide) groups is 1. The van der Waals surface area contributed by atoms with Crippen molar-refractivity contribution < 1.29 is 0 Å². The molecule has 1 N–H and O–H groups in total. The molecule has 0 saturated heterocycles. The quantitative estimate of drug-likeness (QED) is 0.744. The first-order valence-electron chi connectivity index (χ1n) is 7.49. The van der Waals surface area contributed by atoms with Crippen molar-refractivity contribution in [1.29, 1.82) is 0 Å². The molecule has 1 aromatic heterocycles. The van der Waals surface area contributed by atoms with Gasteiger partial charge in [-0.15, -0.1) is 0 Å². The number of nitrogens with one attached hydrogen (secondary N) is 1. The predicted octanol–water partition coefficient (Wildman–Crippen LogP) is 3.70. The fraction of sp³-hybridized carbons (Fsp3) is 0.786. The maximum Gasteiger partial charge on any atom is 0.231 e. The van der Waals surface area contributed by atoms with E-state index < -0.39 is 0 Å². The van der Waals surface area contributed by atoms with Crippen molar-refractivity contribution in [1.82, 2.24) is 15.0 Å². The van der Waals surface area contributed by atoms with Gasteiger partial charge in [0.05, 0.1) is 0 Å². The highest BCUT2D eigenvalue weighted by Crippen LogP contribution is 2.30. The summed E-state index contributed by atoms with van der Waals surface area (Å²) in [6.07, 6.45) is 4.34. The first kappa shape index (κ1) is 18.3. The van der Waals surface area contributed by atoms with Crippen LogP contribution in [-0.2, 0) is 0 Å². The van der Waals surface area contributed by atoms with Crippen LogP contribution in [0.5, 0.6) is 0 Å². The molecule has 0 unspecified atom stereocenters. The fourth-order valence-electron chi connectivity index (χ4n) is 2.17. The molecule has 21 heavy (non-hydrogen) atoms. The first-order valence-corrected chi connectivity index (χ1v) is 9.09. The number of anilines is 2. The third-order valence-corrected chi connectivity index (χ3v) is 5.69. The summed E-state index contributed by atoms with van der Waals surface area (Å²) in [6.45, 7) is 11.1. The van der Waals surface area contributed by atoms with E-state index in [9.17, 15) is 0 Å². The second-order valence-electron chi connectivity index (χ2n) is 4.85. The molecule has 7 heteroatoms. The van der Waals surface area contributed by atoms with E-state index in [1.807, 2.05) is 11.8 Å². The molecule has 1 aromatic rings. The zero-order valence-corrected chi connectivity index (χ0v) is 15.2. The minimum Gasteiger partial charge on any atom is -0.353 e. The normalized spacial score (nSPS) is 11.5. The predicted molar refractivity (Wildman–Crippen MR) is 93.7 cm³/mol. The minimum absolute atomic E-state index is 0.203. The molecule has 0 saturated carbocycles. The Morgan fingerprint density at radius 1 is 1.10 bits per heavy atom. The van der Waals surface area contributed by atoms with Gasteiger partial charge in [-0.1, -0.05) is 13.8 Å². The average Bonchev–Trinajstić information content (AvgIpc) is 2.50. The van der Waals surface area contributed by atoms with Gasteiger partial charge in [-0.25, -0.2) is 0 Å². The van der Waals surface area contributed by atoms with Gasteiger partial charge in [-0.2, -0.15) is 26.7 Å². The molecule has 1 rings (SSSR count). The van der Waals surface area contributed by atoms with Crippen molar-refractivity contribution in [3.8, 4) is 0 Å². The van der Waals surface area contributed by atoms with Gasteiger partial charge in [0.2, 0.25) is 17.2 Å². The lowest BCUT2D eigenvalue weighted by Crippen LogP contribution is -2.33. The first-order chi connectivity index (χ1) is 10.0. The number of rotatable bonds is 9. The van der Waals surface area contributed by atoms with Gasteiger partial charge >= 0.3 is 0 Å². The Balaban J connectivity index is 2.89. The summed E-state index contributed by atoms with van der Waals surface area (Å²) in [5.41, 5.74) is 0. The Morgan fingerprint density at radius 3 is 2.19 bits per heavy atom. The van der Waals surface area contributed by atoms with Crippen molar-refractivity contribution in [2.24, 2.45) is 0 Å². The molecule has 5 nitrogen and oxygen atoms in total. The Hall–Kier alpha value is -0.750. The lowest BCUT2D eigenvalue weighted by molar-refractivity contribution is 0.572. The summed E-state index contributed by atoms with van der Waals surface area (Å²) in [6, 6.07) is 0. The van der Waals surface area contributed by atoms with Gasteiger partial charge in [-0.05, 0) is 44.5 Å². The molecule has 0 atom stereocenters. The molecule has 0 amide bonds. The van der Waals surface area contributed by atoms with Crippen LogP contribution in [0, 0.1) is 0 Å². The molecular weight excluding hydrogens is 306 g/mol. The summed E-state index contributed by atoms with van der Waals surface area (Å²) in [4.78, 5) is 14.9. The SMILES string of the molecule is CCN(CC)c1nc(Cl)nc(NCC(CC)(CC)SC)n1. The van der Waals surface area contributed by atoms with E-state index in [1.165, 1.54) is 0 Å². The van der Waals surface area contributed by atoms with Gasteiger partial charge in [-0.3, -0.25) is 0 Å². The van der Waals surface area contributed by atoms with E-state index in [2.05, 4.69) is 59.1 Å². The van der Waals surface area contributed by atoms with Crippen LogP contribution in [0.1, 0.15) is 40.5 Å². The maximum atomic E-state index is 6.03. The molecular formula is C14H26ClN5S. The van der Waals surface area contributed by atoms with Crippen molar-refractivity contribution in [3.63, 3.8) is 0 Å². The van der Waals surface area contributed by atoms with E-state index in [4.69, 9.17) is 11.6 Å². The molecule has 0 aliphatic carbocycles. The van der Waals surface area contributed by atoms with Crippen molar-refractivity contribution >= 4 is 35.3 Å². The summed E-state index contributed by atoms with van der Waals surface area (Å²) >= 11 is 7.91. The zero-order valence-electron chi connectivity index (χ0n) is 13.6. The van der Waals surface area contributed by atoms with Crippen LogP contribution in [0.25, 0.3) is 0 Å². The highest BCUT2D eigenvalue weighted by atomic mass is 35.5. The molecule has 120 valence electrons. The number of halogens is 1. The number of hydrogen-bond acceptors (Lipinski definition) is 6. The largest absolute Gasteiger partial charge is 0.353 e. The monoisotopic (exact) mass is 331 g/mol. The highest BCUT2D eigenvalue weighted by Gasteiger charge is 2.25. The topological polar surface area (TPSA) is 53.9 Å². The Bertz CT molecular complexity index is 427. The molecule has 0 aromatic carbocycles. The van der Waals surface area contributed by atoms with Crippen LogP contribution in [0.3, 0.4) is 0 Å². The fourth-order valence-corrected chi connectivity index (χ4v) is 3.12. The van der Waals surface area contributed by atoms with Gasteiger partial charge < -0.3 is 10.2 Å². The number of hydrogen-bond donors (Lipinski definition) is 1. The molecule has 0 spiro atoms. The van der Waals surface area contributed by atoms with Crippen LogP contribution in [0.4, 0.5) is 11.9 Å². The standard InChI is InChI=1S/C14H26ClN5S/c1-6-14(7-2,21-5)10-16-12-17-11(15)18-13(19-12)20(8-3)9-4/h6-10H2,1-5H3,(H,16,17,18,19). The zero-order chi connectivity index (χ0) is 15.9. The smallest absolute Gasteiger partial charge is 0.231 e. The van der Waals surface area contributed by atoms with E-state index in [1.54, 1.807) is 0 Å². The van der Waals surface area contributed by atoms with Crippen LogP contribution in [0.15, 0.2) is 0 Å². The summed E-state index contributed by atoms with van der Waals surface area (Å²) < 4.78 is 0.203. The average molecular weight is 332 g/mol. The van der Waals surface area contributed by atoms with E-state index >= 15 is 0 Å². The second kappa shape index (κ2) is 8.63. The second-order valence-corrected chi connectivity index (χ2v) is 6.46. The number of aromatic nitrogens is 3. The molecule has 0 fully saturated rings. The van der Waals surface area contributed by atoms with Gasteiger partial charge in [0.15, 0.2) is 0 Å². The van der Waals surface area contributed by atoms with Crippen LogP contribution < -0.4 is 10.2 Å². The molecule has 0 aliphatic heterocycles. The van der Waals surface area contributed by atoms with Crippen molar-refractivity contribution in [2.75, 3.05) is 36.1 Å². The van der Waals surface area contributed by atoms with Crippen LogP contribution in [-0.4, -0.2) is 45.6 Å². The van der Waals surface area contributed by atoms with Crippen molar-refractivity contribution in [3.05, 3.63) is 5.28 Å². The Kier molecular flexibility index (Phi) is 7.52. The highest BCUT2D eigenvalue weighted by molar-refractivity contribution is 8.00. The summed E-state index contributed by atoms with van der Waals surface area (Å²) in [7, 11) is 0. The van der Waals surface area contributed by atoms with Crippen LogP contribution in [0.2, 0.25) is 5.28 Å². The molecule has 0 aliphatic rings. The minimum atomic E-state index is 0.203. The van der Waals surface area contributed by atoms with Gasteiger partial charge in [0.1, 0.15) is 0 Å². The van der Waals surface area contributed by atoms with Crippen LogP contribution >= 0.6 is 23.4 Å². The van der Waals surface area contributed by atoms with Crippen molar-refractivity contribution in [2.45, 2.75) is 45.3 Å². The van der Waals surface area contributed by atoms with E-state index in [0.717, 1.165) is 32.5 Å². The Labute approximate surface area is 137 Å². The summed E-state index contributed by atoms with van der Waals surface area (Å²) in [5, 5.41) is 3.56. The lowest BCUT2D eigenvalue weighted by Gasteiger charge is -2.30.